The predicted molar refractivity (Wildman–Crippen MR) is 58.4 cm³/mol. The molecular formula is C13H14N. The van der Waals surface area contributed by atoms with Crippen LogP contribution in [0.5, 0.6) is 0 Å². The average molecular weight is 184 g/mol. The Balaban J connectivity index is 2.19. The Morgan fingerprint density at radius 1 is 1.29 bits per heavy atom. The summed E-state index contributed by atoms with van der Waals surface area (Å²) >= 11 is 0. The Morgan fingerprint density at radius 2 is 2.21 bits per heavy atom. The lowest BCUT2D eigenvalue weighted by atomic mass is 9.97. The largest absolute Gasteiger partial charge is 0.253 e. The molecule has 1 radical (unpaired) electrons. The van der Waals surface area contributed by atoms with E-state index in [2.05, 4.69) is 25.1 Å². The molecule has 71 valence electrons. The molecule has 3 rings (SSSR count). The van der Waals surface area contributed by atoms with E-state index in [1.165, 1.54) is 47.3 Å². The average Bonchev–Trinajstić information content (AvgIpc) is 2.75. The van der Waals surface area contributed by atoms with E-state index in [9.17, 15) is 0 Å². The second-order valence-corrected chi connectivity index (χ2v) is 4.06. The van der Waals surface area contributed by atoms with Gasteiger partial charge in [0.2, 0.25) is 0 Å². The molecule has 1 aromatic rings. The molecule has 1 heteroatoms. The summed E-state index contributed by atoms with van der Waals surface area (Å²) in [6.07, 6.45) is 4.84. The van der Waals surface area contributed by atoms with Crippen molar-refractivity contribution in [2.75, 3.05) is 0 Å². The molecule has 0 fully saturated rings. The van der Waals surface area contributed by atoms with E-state index in [-0.39, 0.29) is 0 Å². The number of fused-ring (bicyclic) bond motifs is 2. The molecule has 0 atom stereocenters. The second-order valence-electron chi connectivity index (χ2n) is 4.06. The number of benzene rings is 1. The Bertz CT molecular complexity index is 415. The Morgan fingerprint density at radius 3 is 3.07 bits per heavy atom. The number of allylic oxidation sites excluding steroid dienone is 2. The summed E-state index contributed by atoms with van der Waals surface area (Å²) in [7, 11) is 0. The van der Waals surface area contributed by atoms with Crippen LogP contribution in [0.2, 0.25) is 0 Å². The van der Waals surface area contributed by atoms with Crippen LogP contribution in [0.1, 0.15) is 37.3 Å². The van der Waals surface area contributed by atoms with E-state index in [1.54, 1.807) is 0 Å². The van der Waals surface area contributed by atoms with Crippen molar-refractivity contribution in [3.63, 3.8) is 0 Å². The van der Waals surface area contributed by atoms with Crippen LogP contribution in [0.15, 0.2) is 23.9 Å². The summed E-state index contributed by atoms with van der Waals surface area (Å²) in [6.45, 7) is 2.23. The topological polar surface area (TPSA) is 14.1 Å². The van der Waals surface area contributed by atoms with Gasteiger partial charge < -0.3 is 0 Å². The monoisotopic (exact) mass is 184 g/mol. The van der Waals surface area contributed by atoms with Gasteiger partial charge in [-0.3, -0.25) is 5.32 Å². The molecule has 0 N–H and O–H groups in total. The third-order valence-corrected chi connectivity index (χ3v) is 3.26. The van der Waals surface area contributed by atoms with Gasteiger partial charge in [-0.25, -0.2) is 0 Å². The fraction of sp³-hybridized carbons (Fsp3) is 0.385. The molecule has 0 saturated carbocycles. The van der Waals surface area contributed by atoms with E-state index in [0.717, 1.165) is 6.42 Å². The molecule has 1 nitrogen and oxygen atoms in total. The van der Waals surface area contributed by atoms with Crippen molar-refractivity contribution >= 4 is 11.3 Å². The predicted octanol–water partition coefficient (Wildman–Crippen LogP) is 3.39. The SMILES string of the molecule is CCc1cccc2c1C1=C(CCC1)[N]2. The molecule has 0 bridgehead atoms. The Hall–Kier alpha value is -1.24. The van der Waals surface area contributed by atoms with Gasteiger partial charge >= 0.3 is 0 Å². The van der Waals surface area contributed by atoms with Crippen LogP contribution >= 0.6 is 0 Å². The number of nitrogens with zero attached hydrogens (tertiary/aromatic N) is 1. The molecule has 1 aromatic carbocycles. The first-order chi connectivity index (χ1) is 6.90. The molecule has 0 amide bonds. The zero-order valence-corrected chi connectivity index (χ0v) is 8.51. The van der Waals surface area contributed by atoms with Crippen molar-refractivity contribution in [1.29, 1.82) is 0 Å². The summed E-state index contributed by atoms with van der Waals surface area (Å²) in [5.74, 6) is 0. The normalized spacial score (nSPS) is 18.1. The van der Waals surface area contributed by atoms with E-state index in [1.807, 2.05) is 0 Å². The fourth-order valence-electron chi connectivity index (χ4n) is 2.59. The summed E-state index contributed by atoms with van der Waals surface area (Å²) in [5.41, 5.74) is 7.05. The summed E-state index contributed by atoms with van der Waals surface area (Å²) in [4.78, 5) is 0. The van der Waals surface area contributed by atoms with Gasteiger partial charge in [-0.1, -0.05) is 19.1 Å². The van der Waals surface area contributed by atoms with Gasteiger partial charge in [0.15, 0.2) is 0 Å². The molecule has 0 spiro atoms. The van der Waals surface area contributed by atoms with Crippen LogP contribution in [-0.4, -0.2) is 0 Å². The van der Waals surface area contributed by atoms with E-state index < -0.39 is 0 Å². The van der Waals surface area contributed by atoms with Gasteiger partial charge in [-0.05, 0) is 42.9 Å². The summed E-state index contributed by atoms with van der Waals surface area (Å²) in [6, 6.07) is 6.51. The zero-order valence-electron chi connectivity index (χ0n) is 8.51. The van der Waals surface area contributed by atoms with E-state index in [0.29, 0.717) is 0 Å². The van der Waals surface area contributed by atoms with Gasteiger partial charge in [0.25, 0.3) is 0 Å². The smallest absolute Gasteiger partial charge is 0.0711 e. The second kappa shape index (κ2) is 2.88. The van der Waals surface area contributed by atoms with Crippen LogP contribution < -0.4 is 5.32 Å². The summed E-state index contributed by atoms with van der Waals surface area (Å²) < 4.78 is 0. The molecule has 14 heavy (non-hydrogen) atoms. The first-order valence-corrected chi connectivity index (χ1v) is 5.46. The maximum atomic E-state index is 4.70. The molecule has 2 aliphatic rings. The standard InChI is InChI=1S/C13H14N/c1-2-9-5-3-8-12-13(9)10-6-4-7-11(10)14-12/h3,5,8H,2,4,6-7H2,1H3. The minimum atomic E-state index is 1.12. The van der Waals surface area contributed by atoms with Crippen LogP contribution in [0.3, 0.4) is 0 Å². The van der Waals surface area contributed by atoms with Gasteiger partial charge in [-0.2, -0.15) is 0 Å². The highest BCUT2D eigenvalue weighted by atomic mass is 14.9. The molecule has 0 aromatic heterocycles. The highest BCUT2D eigenvalue weighted by Crippen LogP contribution is 2.45. The zero-order chi connectivity index (χ0) is 9.54. The molecule has 1 aliphatic heterocycles. The first-order valence-electron chi connectivity index (χ1n) is 5.46. The molecule has 0 saturated heterocycles. The van der Waals surface area contributed by atoms with E-state index in [4.69, 9.17) is 5.32 Å². The number of aryl methyl sites for hydroxylation is 1. The van der Waals surface area contributed by atoms with Gasteiger partial charge in [0.1, 0.15) is 0 Å². The first kappa shape index (κ1) is 8.10. The quantitative estimate of drug-likeness (QED) is 0.635. The van der Waals surface area contributed by atoms with Crippen molar-refractivity contribution in [2.45, 2.75) is 32.6 Å². The lowest BCUT2D eigenvalue weighted by Crippen LogP contribution is -1.93. The highest BCUT2D eigenvalue weighted by molar-refractivity contribution is 5.85. The van der Waals surface area contributed by atoms with Gasteiger partial charge in [0.05, 0.1) is 5.69 Å². The van der Waals surface area contributed by atoms with Crippen molar-refractivity contribution in [1.82, 2.24) is 5.32 Å². The van der Waals surface area contributed by atoms with Gasteiger partial charge in [-0.15, -0.1) is 0 Å². The minimum Gasteiger partial charge on any atom is -0.253 e. The van der Waals surface area contributed by atoms with Gasteiger partial charge in [0, 0.05) is 11.3 Å². The Kier molecular flexibility index (Phi) is 1.66. The maximum absolute atomic E-state index is 4.70. The van der Waals surface area contributed by atoms with Crippen molar-refractivity contribution in [3.8, 4) is 0 Å². The van der Waals surface area contributed by atoms with Crippen LogP contribution in [0, 0.1) is 0 Å². The summed E-state index contributed by atoms with van der Waals surface area (Å²) in [5, 5.41) is 4.70. The van der Waals surface area contributed by atoms with Crippen molar-refractivity contribution < 1.29 is 0 Å². The lowest BCUT2D eigenvalue weighted by Gasteiger charge is -2.07. The van der Waals surface area contributed by atoms with Crippen LogP contribution in [0.4, 0.5) is 5.69 Å². The van der Waals surface area contributed by atoms with Crippen molar-refractivity contribution in [2.24, 2.45) is 0 Å². The molecular weight excluding hydrogens is 170 g/mol. The molecule has 0 unspecified atom stereocenters. The molecule has 1 aliphatic carbocycles. The maximum Gasteiger partial charge on any atom is 0.0711 e. The van der Waals surface area contributed by atoms with E-state index >= 15 is 0 Å². The lowest BCUT2D eigenvalue weighted by molar-refractivity contribution is 0.858. The van der Waals surface area contributed by atoms with Crippen LogP contribution in [0.25, 0.3) is 5.57 Å². The number of rotatable bonds is 1. The minimum absolute atomic E-state index is 1.12. The van der Waals surface area contributed by atoms with Crippen molar-refractivity contribution in [3.05, 3.63) is 35.0 Å². The number of hydrogen-bond donors (Lipinski definition) is 0. The third kappa shape index (κ3) is 0.955. The number of hydrogen-bond acceptors (Lipinski definition) is 0. The fourth-order valence-corrected chi connectivity index (χ4v) is 2.59. The highest BCUT2D eigenvalue weighted by Gasteiger charge is 2.27. The van der Waals surface area contributed by atoms with Crippen LogP contribution in [-0.2, 0) is 6.42 Å². The Labute approximate surface area is 84.8 Å². The third-order valence-electron chi connectivity index (χ3n) is 3.26. The molecule has 1 heterocycles.